The van der Waals surface area contributed by atoms with Gasteiger partial charge in [-0.2, -0.15) is 0 Å². The Morgan fingerprint density at radius 1 is 1.85 bits per heavy atom. The predicted molar refractivity (Wildman–Crippen MR) is 49.0 cm³/mol. The van der Waals surface area contributed by atoms with Crippen LogP contribution in [0.1, 0.15) is 27.2 Å². The van der Waals surface area contributed by atoms with E-state index in [1.165, 1.54) is 17.5 Å². The van der Waals surface area contributed by atoms with Gasteiger partial charge in [-0.3, -0.25) is 4.79 Å². The number of hydrogen-bond acceptors (Lipinski definition) is 5. The van der Waals surface area contributed by atoms with Crippen LogP contribution in [0.3, 0.4) is 0 Å². The molecular formula is C8H11NO3S. The molecule has 0 radical (unpaired) electrons. The SMILES string of the molecule is COCCC(O)c1ncc(C=O)s1. The second-order valence-electron chi connectivity index (χ2n) is 2.52. The number of nitrogens with zero attached hydrogens (tertiary/aromatic N) is 1. The molecule has 1 unspecified atom stereocenters. The van der Waals surface area contributed by atoms with Crippen LogP contribution in [0.4, 0.5) is 0 Å². The van der Waals surface area contributed by atoms with Crippen LogP contribution in [0.25, 0.3) is 0 Å². The number of aromatic nitrogens is 1. The van der Waals surface area contributed by atoms with Crippen LogP contribution in [-0.4, -0.2) is 30.1 Å². The first-order valence-corrected chi connectivity index (χ1v) is 4.67. The van der Waals surface area contributed by atoms with E-state index < -0.39 is 6.10 Å². The Morgan fingerprint density at radius 2 is 2.62 bits per heavy atom. The minimum absolute atomic E-state index is 0.483. The van der Waals surface area contributed by atoms with Gasteiger partial charge in [0, 0.05) is 26.3 Å². The number of carbonyl (C=O) groups excluding carboxylic acids is 1. The van der Waals surface area contributed by atoms with Gasteiger partial charge in [0.15, 0.2) is 6.29 Å². The normalized spacial score (nSPS) is 12.8. The minimum atomic E-state index is -0.626. The van der Waals surface area contributed by atoms with Crippen molar-refractivity contribution in [2.75, 3.05) is 13.7 Å². The summed E-state index contributed by atoms with van der Waals surface area (Å²) in [7, 11) is 1.57. The van der Waals surface area contributed by atoms with Gasteiger partial charge >= 0.3 is 0 Å². The molecule has 0 saturated carbocycles. The number of aldehydes is 1. The van der Waals surface area contributed by atoms with Gasteiger partial charge in [-0.25, -0.2) is 4.98 Å². The van der Waals surface area contributed by atoms with Crippen LogP contribution < -0.4 is 0 Å². The second-order valence-corrected chi connectivity index (χ2v) is 3.61. The topological polar surface area (TPSA) is 59.4 Å². The lowest BCUT2D eigenvalue weighted by molar-refractivity contribution is 0.110. The lowest BCUT2D eigenvalue weighted by Gasteiger charge is -2.04. The maximum absolute atomic E-state index is 10.3. The first kappa shape index (κ1) is 10.3. The molecule has 1 rings (SSSR count). The molecule has 0 aliphatic carbocycles. The number of rotatable bonds is 5. The molecule has 0 aliphatic heterocycles. The largest absolute Gasteiger partial charge is 0.386 e. The van der Waals surface area contributed by atoms with Crippen LogP contribution in [-0.2, 0) is 4.74 Å². The quantitative estimate of drug-likeness (QED) is 0.723. The van der Waals surface area contributed by atoms with E-state index in [0.717, 1.165) is 6.29 Å². The van der Waals surface area contributed by atoms with Crippen molar-refractivity contribution < 1.29 is 14.6 Å². The summed E-state index contributed by atoms with van der Waals surface area (Å²) in [6.07, 6.45) is 2.06. The Kier molecular flexibility index (Phi) is 4.01. The summed E-state index contributed by atoms with van der Waals surface area (Å²) in [6, 6.07) is 0. The lowest BCUT2D eigenvalue weighted by atomic mass is 10.3. The van der Waals surface area contributed by atoms with E-state index in [0.29, 0.717) is 22.9 Å². The molecule has 0 fully saturated rings. The van der Waals surface area contributed by atoms with Crippen molar-refractivity contribution in [3.8, 4) is 0 Å². The van der Waals surface area contributed by atoms with Gasteiger partial charge in [-0.05, 0) is 0 Å². The molecule has 1 N–H and O–H groups in total. The second kappa shape index (κ2) is 5.06. The number of carbonyl (C=O) groups is 1. The zero-order valence-electron chi connectivity index (χ0n) is 7.27. The van der Waals surface area contributed by atoms with Crippen LogP contribution in [0.15, 0.2) is 6.20 Å². The van der Waals surface area contributed by atoms with Crippen molar-refractivity contribution in [2.45, 2.75) is 12.5 Å². The minimum Gasteiger partial charge on any atom is -0.386 e. The number of aliphatic hydroxyl groups is 1. The molecule has 0 saturated heterocycles. The van der Waals surface area contributed by atoms with Gasteiger partial charge in [0.25, 0.3) is 0 Å². The van der Waals surface area contributed by atoms with E-state index >= 15 is 0 Å². The summed E-state index contributed by atoms with van der Waals surface area (Å²) >= 11 is 1.21. The van der Waals surface area contributed by atoms with E-state index in [-0.39, 0.29) is 0 Å². The van der Waals surface area contributed by atoms with Gasteiger partial charge in [-0.1, -0.05) is 0 Å². The first-order chi connectivity index (χ1) is 6.27. The molecule has 1 atom stereocenters. The summed E-state index contributed by atoms with van der Waals surface area (Å²) in [5.74, 6) is 0. The maximum atomic E-state index is 10.3. The highest BCUT2D eigenvalue weighted by atomic mass is 32.1. The highest BCUT2D eigenvalue weighted by Crippen LogP contribution is 2.21. The summed E-state index contributed by atoms with van der Waals surface area (Å²) in [4.78, 5) is 14.8. The van der Waals surface area contributed by atoms with Gasteiger partial charge in [0.05, 0.1) is 4.88 Å². The zero-order valence-corrected chi connectivity index (χ0v) is 8.08. The van der Waals surface area contributed by atoms with E-state index in [4.69, 9.17) is 4.74 Å². The molecular weight excluding hydrogens is 190 g/mol. The molecule has 4 nitrogen and oxygen atoms in total. The Balaban J connectivity index is 2.54. The predicted octanol–water partition coefficient (Wildman–Crippen LogP) is 1.03. The molecule has 5 heteroatoms. The standard InChI is InChI=1S/C8H11NO3S/c1-12-3-2-7(11)8-9-4-6(5-10)13-8/h4-5,7,11H,2-3H2,1H3. The van der Waals surface area contributed by atoms with E-state index in [2.05, 4.69) is 4.98 Å². The van der Waals surface area contributed by atoms with Gasteiger partial charge in [-0.15, -0.1) is 11.3 Å². The molecule has 1 aromatic heterocycles. The van der Waals surface area contributed by atoms with Crippen molar-refractivity contribution in [3.63, 3.8) is 0 Å². The molecule has 13 heavy (non-hydrogen) atoms. The average Bonchev–Trinajstić information content (AvgIpc) is 2.62. The third-order valence-corrected chi connectivity index (χ3v) is 2.56. The highest BCUT2D eigenvalue weighted by molar-refractivity contribution is 7.13. The summed E-state index contributed by atoms with van der Waals surface area (Å²) in [6.45, 7) is 0.483. The molecule has 1 heterocycles. The smallest absolute Gasteiger partial charge is 0.161 e. The number of hydrogen-bond donors (Lipinski definition) is 1. The fourth-order valence-electron chi connectivity index (χ4n) is 0.862. The van der Waals surface area contributed by atoms with E-state index in [1.807, 2.05) is 0 Å². The Bertz CT molecular complexity index is 274. The molecule has 0 aromatic carbocycles. The van der Waals surface area contributed by atoms with Crippen LogP contribution in [0.2, 0.25) is 0 Å². The van der Waals surface area contributed by atoms with Crippen LogP contribution >= 0.6 is 11.3 Å². The molecule has 0 amide bonds. The summed E-state index contributed by atoms with van der Waals surface area (Å²) < 4.78 is 4.81. The zero-order chi connectivity index (χ0) is 9.68. The Morgan fingerprint density at radius 3 is 3.15 bits per heavy atom. The number of ether oxygens (including phenoxy) is 1. The Labute approximate surface area is 80.2 Å². The van der Waals surface area contributed by atoms with Gasteiger partial charge in [0.2, 0.25) is 0 Å². The first-order valence-electron chi connectivity index (χ1n) is 3.86. The van der Waals surface area contributed by atoms with Crippen molar-refractivity contribution in [1.29, 1.82) is 0 Å². The molecule has 72 valence electrons. The van der Waals surface area contributed by atoms with Gasteiger partial charge in [0.1, 0.15) is 11.1 Å². The van der Waals surface area contributed by atoms with Crippen molar-refractivity contribution in [2.24, 2.45) is 0 Å². The fraction of sp³-hybridized carbons (Fsp3) is 0.500. The molecule has 1 aromatic rings. The highest BCUT2D eigenvalue weighted by Gasteiger charge is 2.11. The average molecular weight is 201 g/mol. The molecule has 0 bridgehead atoms. The summed E-state index contributed by atoms with van der Waals surface area (Å²) in [5.41, 5.74) is 0. The Hall–Kier alpha value is -0.780. The number of thiazole rings is 1. The van der Waals surface area contributed by atoms with Gasteiger partial charge < -0.3 is 9.84 Å². The van der Waals surface area contributed by atoms with E-state index in [9.17, 15) is 9.90 Å². The number of aliphatic hydroxyl groups excluding tert-OH is 1. The van der Waals surface area contributed by atoms with Crippen LogP contribution in [0.5, 0.6) is 0 Å². The molecule has 0 spiro atoms. The monoisotopic (exact) mass is 201 g/mol. The summed E-state index contributed by atoms with van der Waals surface area (Å²) in [5, 5.41) is 10.1. The fourth-order valence-corrected chi connectivity index (χ4v) is 1.62. The maximum Gasteiger partial charge on any atom is 0.161 e. The third-order valence-electron chi connectivity index (χ3n) is 1.54. The van der Waals surface area contributed by atoms with Crippen LogP contribution in [0, 0.1) is 0 Å². The van der Waals surface area contributed by atoms with Crippen molar-refractivity contribution in [3.05, 3.63) is 16.1 Å². The molecule has 0 aliphatic rings. The lowest BCUT2D eigenvalue weighted by Crippen LogP contribution is -2.00. The third kappa shape index (κ3) is 2.87. The number of methoxy groups -OCH3 is 1. The van der Waals surface area contributed by atoms with E-state index in [1.54, 1.807) is 7.11 Å². The van der Waals surface area contributed by atoms with Crippen molar-refractivity contribution >= 4 is 17.6 Å². The van der Waals surface area contributed by atoms with Crippen molar-refractivity contribution in [1.82, 2.24) is 4.98 Å².